The third-order valence-electron chi connectivity index (χ3n) is 5.24. The van der Waals surface area contributed by atoms with Gasteiger partial charge in [0, 0.05) is 12.6 Å². The Hall–Kier alpha value is -2.55. The van der Waals surface area contributed by atoms with E-state index in [1.807, 2.05) is 36.0 Å². The van der Waals surface area contributed by atoms with Crippen molar-refractivity contribution in [3.63, 3.8) is 0 Å². The number of quaternary nitrogens is 1. The molecule has 0 spiro atoms. The molecule has 1 aliphatic rings. The minimum atomic E-state index is -4.27. The topological polar surface area (TPSA) is 116 Å². The number of nitrogens with zero attached hydrogens (tertiary/aromatic N) is 3. The van der Waals surface area contributed by atoms with Gasteiger partial charge in [0.15, 0.2) is 5.82 Å². The molecule has 0 radical (unpaired) electrons. The second-order valence-corrected chi connectivity index (χ2v) is 9.93. The summed E-state index contributed by atoms with van der Waals surface area (Å²) in [6.45, 7) is 8.51. The highest BCUT2D eigenvalue weighted by Crippen LogP contribution is 2.40. The maximum Gasteiger partial charge on any atom is 0.153 e. The highest BCUT2D eigenvalue weighted by molar-refractivity contribution is 7.85. The molecule has 1 atom stereocenters. The van der Waals surface area contributed by atoms with E-state index in [1.54, 1.807) is 12.1 Å². The second kappa shape index (κ2) is 8.29. The minimum absolute atomic E-state index is 0.178. The predicted octanol–water partition coefficient (Wildman–Crippen LogP) is 2.73. The zero-order valence-electron chi connectivity index (χ0n) is 17.8. The fourth-order valence-electron chi connectivity index (χ4n) is 3.96. The molecule has 8 heteroatoms. The Labute approximate surface area is 177 Å². The van der Waals surface area contributed by atoms with Crippen molar-refractivity contribution in [1.29, 1.82) is 0 Å². The van der Waals surface area contributed by atoms with Gasteiger partial charge in [-0.3, -0.25) is 0 Å². The van der Waals surface area contributed by atoms with Gasteiger partial charge in [0.05, 0.1) is 21.8 Å². The SMILES string of the molecule is Cc1ccc(S(=O)(=O)[O-])cc1.Cc1nn(-c2ccccn2)c2c1C([NH3+])CC(C)(C)C2. The molecule has 3 aromatic rings. The summed E-state index contributed by atoms with van der Waals surface area (Å²) in [6, 6.07) is 12.1. The summed E-state index contributed by atoms with van der Waals surface area (Å²) in [4.78, 5) is 4.25. The Morgan fingerprint density at radius 3 is 2.37 bits per heavy atom. The van der Waals surface area contributed by atoms with Crippen LogP contribution in [0.15, 0.2) is 53.6 Å². The molecular formula is C22H28N4O3S. The smallest absolute Gasteiger partial charge is 0.153 e. The van der Waals surface area contributed by atoms with E-state index in [-0.39, 0.29) is 10.3 Å². The first-order chi connectivity index (χ1) is 14.0. The van der Waals surface area contributed by atoms with Crippen LogP contribution in [-0.4, -0.2) is 27.7 Å². The second-order valence-electron chi connectivity index (χ2n) is 8.55. The van der Waals surface area contributed by atoms with Crippen LogP contribution in [0.5, 0.6) is 0 Å². The molecule has 30 heavy (non-hydrogen) atoms. The normalized spacial score (nSPS) is 17.6. The Kier molecular flexibility index (Phi) is 6.12. The molecule has 7 nitrogen and oxygen atoms in total. The fourth-order valence-corrected chi connectivity index (χ4v) is 4.43. The summed E-state index contributed by atoms with van der Waals surface area (Å²) < 4.78 is 33.2. The first kappa shape index (κ1) is 22.1. The third kappa shape index (κ3) is 4.95. The maximum absolute atomic E-state index is 10.4. The largest absolute Gasteiger partial charge is 0.744 e. The van der Waals surface area contributed by atoms with E-state index in [0.717, 1.165) is 29.9 Å². The van der Waals surface area contributed by atoms with Gasteiger partial charge >= 0.3 is 0 Å². The summed E-state index contributed by atoms with van der Waals surface area (Å²) in [5.74, 6) is 0.900. The molecule has 0 bridgehead atoms. The summed E-state index contributed by atoms with van der Waals surface area (Å²) in [5, 5.41) is 4.69. The highest BCUT2D eigenvalue weighted by atomic mass is 32.2. The zero-order valence-corrected chi connectivity index (χ0v) is 18.6. The van der Waals surface area contributed by atoms with E-state index in [1.165, 1.54) is 23.4 Å². The molecular weight excluding hydrogens is 400 g/mol. The van der Waals surface area contributed by atoms with E-state index in [9.17, 15) is 13.0 Å². The van der Waals surface area contributed by atoms with Crippen molar-refractivity contribution >= 4 is 10.1 Å². The number of fused-ring (bicyclic) bond motifs is 1. The van der Waals surface area contributed by atoms with Crippen LogP contribution in [-0.2, 0) is 16.5 Å². The Balaban J connectivity index is 0.000000199. The lowest BCUT2D eigenvalue weighted by Gasteiger charge is -2.32. The molecule has 0 aliphatic heterocycles. The lowest BCUT2D eigenvalue weighted by molar-refractivity contribution is -0.434. The Morgan fingerprint density at radius 2 is 1.80 bits per heavy atom. The van der Waals surface area contributed by atoms with Crippen molar-refractivity contribution in [2.45, 2.75) is 51.5 Å². The number of hydrogen-bond donors (Lipinski definition) is 1. The van der Waals surface area contributed by atoms with Crippen molar-refractivity contribution in [2.24, 2.45) is 5.41 Å². The van der Waals surface area contributed by atoms with Crippen molar-refractivity contribution in [2.75, 3.05) is 0 Å². The van der Waals surface area contributed by atoms with Crippen molar-refractivity contribution in [3.05, 3.63) is 71.2 Å². The summed E-state index contributed by atoms with van der Waals surface area (Å²) >= 11 is 0. The summed E-state index contributed by atoms with van der Waals surface area (Å²) in [6.07, 6.45) is 3.97. The average molecular weight is 429 g/mol. The molecule has 0 amide bonds. The number of rotatable bonds is 2. The molecule has 1 aliphatic carbocycles. The number of aromatic nitrogens is 3. The van der Waals surface area contributed by atoms with E-state index < -0.39 is 10.1 Å². The molecule has 4 rings (SSSR count). The van der Waals surface area contributed by atoms with Gasteiger partial charge in [-0.1, -0.05) is 37.6 Å². The fraction of sp³-hybridized carbons (Fsp3) is 0.364. The van der Waals surface area contributed by atoms with Gasteiger partial charge in [-0.2, -0.15) is 5.10 Å². The number of hydrogen-bond acceptors (Lipinski definition) is 5. The van der Waals surface area contributed by atoms with Gasteiger partial charge in [-0.15, -0.1) is 0 Å². The van der Waals surface area contributed by atoms with Crippen molar-refractivity contribution in [1.82, 2.24) is 14.8 Å². The van der Waals surface area contributed by atoms with Crippen LogP contribution in [0.1, 0.15) is 48.8 Å². The summed E-state index contributed by atoms with van der Waals surface area (Å²) in [7, 11) is -4.27. The lowest BCUT2D eigenvalue weighted by Crippen LogP contribution is -2.57. The molecule has 3 N–H and O–H groups in total. The van der Waals surface area contributed by atoms with Gasteiger partial charge in [-0.25, -0.2) is 18.1 Å². The molecule has 0 saturated carbocycles. The molecule has 0 saturated heterocycles. The van der Waals surface area contributed by atoms with Crippen molar-refractivity contribution < 1.29 is 18.7 Å². The van der Waals surface area contributed by atoms with Gasteiger partial charge < -0.3 is 10.3 Å². The standard InChI is InChI=1S/C15H20N4.C7H8O3S/c1-10-14-11(16)8-15(2,3)9-12(14)19(18-10)13-6-4-5-7-17-13;1-6-2-4-7(5-3-6)11(8,9)10/h4-7,11H,8-9,16H2,1-3H3;2-5H,1H3,(H,8,9,10). The van der Waals surface area contributed by atoms with Crippen LogP contribution in [0.25, 0.3) is 5.82 Å². The van der Waals surface area contributed by atoms with Crippen LogP contribution < -0.4 is 5.73 Å². The number of pyridine rings is 1. The maximum atomic E-state index is 10.4. The van der Waals surface area contributed by atoms with E-state index >= 15 is 0 Å². The van der Waals surface area contributed by atoms with Crippen LogP contribution in [0.3, 0.4) is 0 Å². The van der Waals surface area contributed by atoms with E-state index in [4.69, 9.17) is 5.10 Å². The summed E-state index contributed by atoms with van der Waals surface area (Å²) in [5.41, 5.74) is 9.24. The van der Waals surface area contributed by atoms with E-state index in [2.05, 4.69) is 31.5 Å². The van der Waals surface area contributed by atoms with E-state index in [0.29, 0.717) is 6.04 Å². The van der Waals surface area contributed by atoms with Crippen LogP contribution >= 0.6 is 0 Å². The minimum Gasteiger partial charge on any atom is -0.744 e. The highest BCUT2D eigenvalue weighted by Gasteiger charge is 2.37. The van der Waals surface area contributed by atoms with Crippen LogP contribution in [0.4, 0.5) is 0 Å². The molecule has 160 valence electrons. The molecule has 2 heterocycles. The van der Waals surface area contributed by atoms with Gasteiger partial charge in [-0.05, 0) is 49.9 Å². The zero-order chi connectivity index (χ0) is 22.1. The van der Waals surface area contributed by atoms with Gasteiger partial charge in [0.2, 0.25) is 0 Å². The van der Waals surface area contributed by atoms with Gasteiger partial charge in [0.25, 0.3) is 0 Å². The quantitative estimate of drug-likeness (QED) is 0.630. The predicted molar refractivity (Wildman–Crippen MR) is 113 cm³/mol. The monoisotopic (exact) mass is 428 g/mol. The van der Waals surface area contributed by atoms with Crippen LogP contribution in [0, 0.1) is 19.3 Å². The molecule has 1 aromatic carbocycles. The van der Waals surface area contributed by atoms with Gasteiger partial charge in [0.1, 0.15) is 16.2 Å². The number of aryl methyl sites for hydroxylation is 2. The first-order valence-corrected chi connectivity index (χ1v) is 11.2. The molecule has 0 fully saturated rings. The average Bonchev–Trinajstić information content (AvgIpc) is 2.98. The Bertz CT molecular complexity index is 1120. The Morgan fingerprint density at radius 1 is 1.13 bits per heavy atom. The molecule has 2 aromatic heterocycles. The molecule has 1 unspecified atom stereocenters. The van der Waals surface area contributed by atoms with Crippen LogP contribution in [0.2, 0.25) is 0 Å². The first-order valence-electron chi connectivity index (χ1n) is 9.83. The number of benzene rings is 1. The van der Waals surface area contributed by atoms with Crippen molar-refractivity contribution in [3.8, 4) is 5.82 Å². The third-order valence-corrected chi connectivity index (χ3v) is 6.09. The lowest BCUT2D eigenvalue weighted by atomic mass is 9.74.